The van der Waals surface area contributed by atoms with Gasteiger partial charge in [-0.1, -0.05) is 36.4 Å². The molecule has 8 heteroatoms. The fourth-order valence-corrected chi connectivity index (χ4v) is 4.19. The number of amides is 1. The zero-order chi connectivity index (χ0) is 21.3. The summed E-state index contributed by atoms with van der Waals surface area (Å²) in [5, 5.41) is 4.96. The van der Waals surface area contributed by atoms with Gasteiger partial charge >= 0.3 is 0 Å². The molecule has 0 saturated carbocycles. The van der Waals surface area contributed by atoms with E-state index in [4.69, 9.17) is 0 Å². The molecule has 0 spiro atoms. The van der Waals surface area contributed by atoms with Crippen molar-refractivity contribution in [2.24, 2.45) is 0 Å². The number of fused-ring (bicyclic) bond motifs is 1. The molecule has 2 heterocycles. The fraction of sp³-hybridized carbons (Fsp3) is 0.136. The Morgan fingerprint density at radius 3 is 2.70 bits per heavy atom. The minimum Gasteiger partial charge on any atom is -0.348 e. The van der Waals surface area contributed by atoms with Crippen LogP contribution in [0, 0.1) is 11.6 Å². The van der Waals surface area contributed by atoms with E-state index < -0.39 is 23.6 Å². The normalized spacial score (nSPS) is 12.1. The number of halogens is 2. The molecule has 4 rings (SSSR count). The molecule has 1 unspecified atom stereocenters. The maximum atomic E-state index is 13.9. The van der Waals surface area contributed by atoms with E-state index in [1.165, 1.54) is 28.3 Å². The molecule has 1 atom stereocenters. The number of hydrogen-bond donors (Lipinski definition) is 1. The van der Waals surface area contributed by atoms with Crippen molar-refractivity contribution >= 4 is 27.5 Å². The Labute approximate surface area is 174 Å². The van der Waals surface area contributed by atoms with Crippen LogP contribution in [0.2, 0.25) is 0 Å². The van der Waals surface area contributed by atoms with Crippen LogP contribution in [0.1, 0.15) is 18.5 Å². The van der Waals surface area contributed by atoms with Gasteiger partial charge < -0.3 is 5.32 Å². The van der Waals surface area contributed by atoms with E-state index in [0.29, 0.717) is 10.2 Å². The zero-order valence-corrected chi connectivity index (χ0v) is 16.7. The quantitative estimate of drug-likeness (QED) is 0.519. The maximum Gasteiger partial charge on any atom is 0.263 e. The summed E-state index contributed by atoms with van der Waals surface area (Å²) in [7, 11) is 0. The number of thiophene rings is 1. The van der Waals surface area contributed by atoms with E-state index >= 15 is 0 Å². The Bertz CT molecular complexity index is 1280. The van der Waals surface area contributed by atoms with Gasteiger partial charge in [0.15, 0.2) is 0 Å². The topological polar surface area (TPSA) is 64.0 Å². The van der Waals surface area contributed by atoms with Gasteiger partial charge in [0.2, 0.25) is 5.91 Å². The van der Waals surface area contributed by atoms with E-state index in [9.17, 15) is 18.4 Å². The number of nitrogens with zero attached hydrogens (tertiary/aromatic N) is 2. The second kappa shape index (κ2) is 8.16. The molecule has 0 bridgehead atoms. The number of rotatable bonds is 5. The van der Waals surface area contributed by atoms with Crippen LogP contribution in [0.15, 0.2) is 65.0 Å². The van der Waals surface area contributed by atoms with E-state index in [1.807, 2.05) is 35.7 Å². The highest BCUT2D eigenvalue weighted by Gasteiger charge is 2.17. The highest BCUT2D eigenvalue weighted by molar-refractivity contribution is 7.17. The van der Waals surface area contributed by atoms with Crippen molar-refractivity contribution < 1.29 is 13.6 Å². The molecule has 0 fully saturated rings. The number of aromatic nitrogens is 2. The lowest BCUT2D eigenvalue weighted by Crippen LogP contribution is -2.34. The van der Waals surface area contributed by atoms with E-state index in [1.54, 1.807) is 6.92 Å². The summed E-state index contributed by atoms with van der Waals surface area (Å²) in [6, 6.07) is 12.0. The van der Waals surface area contributed by atoms with Crippen LogP contribution in [0.3, 0.4) is 0 Å². The van der Waals surface area contributed by atoms with Crippen LogP contribution in [0.25, 0.3) is 21.3 Å². The molecule has 0 saturated heterocycles. The van der Waals surface area contributed by atoms with Crippen LogP contribution in [-0.4, -0.2) is 15.5 Å². The van der Waals surface area contributed by atoms with Gasteiger partial charge in [-0.05, 0) is 18.6 Å². The molecule has 1 N–H and O–H groups in total. The third-order valence-corrected chi connectivity index (χ3v) is 5.65. The van der Waals surface area contributed by atoms with Crippen molar-refractivity contribution in [3.63, 3.8) is 0 Å². The molecule has 0 radical (unpaired) electrons. The summed E-state index contributed by atoms with van der Waals surface area (Å²) < 4.78 is 28.2. The maximum absolute atomic E-state index is 13.9. The number of nitrogens with one attached hydrogen (secondary N) is 1. The van der Waals surface area contributed by atoms with Crippen molar-refractivity contribution in [3.8, 4) is 11.1 Å². The van der Waals surface area contributed by atoms with Crippen molar-refractivity contribution in [1.82, 2.24) is 14.9 Å². The third-order valence-electron chi connectivity index (χ3n) is 4.77. The Balaban J connectivity index is 1.59. The lowest BCUT2D eigenvalue weighted by molar-refractivity contribution is -0.122. The first-order valence-corrected chi connectivity index (χ1v) is 10.1. The minimum absolute atomic E-state index is 0.162. The molecule has 2 aromatic carbocycles. The molecule has 4 aromatic rings. The molecule has 0 aliphatic rings. The van der Waals surface area contributed by atoms with E-state index in [-0.39, 0.29) is 17.7 Å². The van der Waals surface area contributed by atoms with Crippen molar-refractivity contribution in [2.45, 2.75) is 19.5 Å². The number of carbonyl (C=O) groups excluding carboxylic acids is 1. The van der Waals surface area contributed by atoms with Gasteiger partial charge in [0.25, 0.3) is 5.56 Å². The van der Waals surface area contributed by atoms with Crippen LogP contribution in [-0.2, 0) is 11.3 Å². The standard InChI is InChI=1S/C22H17F2N3O2S/c1-13(16-8-7-15(23)9-18(16)24)26-19(28)10-27-12-25-21-20(22(27)29)17(11-30-21)14-5-3-2-4-6-14/h2-9,11-13H,10H2,1H3,(H,26,28). The van der Waals surface area contributed by atoms with E-state index in [2.05, 4.69) is 10.3 Å². The summed E-state index contributed by atoms with van der Waals surface area (Å²) in [5.41, 5.74) is 1.50. The molecule has 0 aliphatic heterocycles. The van der Waals surface area contributed by atoms with Crippen LogP contribution in [0.5, 0.6) is 0 Å². The van der Waals surface area contributed by atoms with Crippen LogP contribution in [0.4, 0.5) is 8.78 Å². The first-order valence-electron chi connectivity index (χ1n) is 9.20. The Morgan fingerprint density at radius 1 is 1.20 bits per heavy atom. The highest BCUT2D eigenvalue weighted by atomic mass is 32.1. The number of benzene rings is 2. The van der Waals surface area contributed by atoms with Crippen molar-refractivity contribution in [2.75, 3.05) is 0 Å². The second-order valence-electron chi connectivity index (χ2n) is 6.83. The predicted molar refractivity (Wildman–Crippen MR) is 112 cm³/mol. The van der Waals surface area contributed by atoms with Gasteiger partial charge in [-0.15, -0.1) is 11.3 Å². The van der Waals surface area contributed by atoms with Gasteiger partial charge in [-0.2, -0.15) is 0 Å². The molecule has 30 heavy (non-hydrogen) atoms. The van der Waals surface area contributed by atoms with Gasteiger partial charge in [-0.3, -0.25) is 14.2 Å². The molecule has 2 aromatic heterocycles. The van der Waals surface area contributed by atoms with Gasteiger partial charge in [0.1, 0.15) is 23.0 Å². The Kier molecular flexibility index (Phi) is 5.41. The average Bonchev–Trinajstić information content (AvgIpc) is 3.15. The predicted octanol–water partition coefficient (Wildman–Crippen LogP) is 4.28. The Hall–Kier alpha value is -3.39. The minimum atomic E-state index is -0.742. The number of hydrogen-bond acceptors (Lipinski definition) is 4. The van der Waals surface area contributed by atoms with Gasteiger partial charge in [0.05, 0.1) is 17.8 Å². The summed E-state index contributed by atoms with van der Waals surface area (Å²) in [4.78, 5) is 30.4. The summed E-state index contributed by atoms with van der Waals surface area (Å²) in [5.74, 6) is -1.91. The van der Waals surface area contributed by atoms with Crippen molar-refractivity contribution in [1.29, 1.82) is 0 Å². The molecular weight excluding hydrogens is 408 g/mol. The van der Waals surface area contributed by atoms with Gasteiger partial charge in [-0.25, -0.2) is 13.8 Å². The monoisotopic (exact) mass is 425 g/mol. The van der Waals surface area contributed by atoms with Crippen LogP contribution < -0.4 is 10.9 Å². The first kappa shape index (κ1) is 19.9. The number of carbonyl (C=O) groups is 1. The SMILES string of the molecule is CC(NC(=O)Cn1cnc2scc(-c3ccccc3)c2c1=O)c1ccc(F)cc1F. The molecule has 152 valence electrons. The smallest absolute Gasteiger partial charge is 0.263 e. The molecule has 5 nitrogen and oxygen atoms in total. The summed E-state index contributed by atoms with van der Waals surface area (Å²) >= 11 is 1.36. The molecule has 0 aliphatic carbocycles. The Morgan fingerprint density at radius 2 is 1.97 bits per heavy atom. The molecule has 1 amide bonds. The highest BCUT2D eigenvalue weighted by Crippen LogP contribution is 2.30. The first-order chi connectivity index (χ1) is 14.4. The lowest BCUT2D eigenvalue weighted by Gasteiger charge is -2.15. The van der Waals surface area contributed by atoms with Crippen LogP contribution >= 0.6 is 11.3 Å². The lowest BCUT2D eigenvalue weighted by atomic mass is 10.1. The summed E-state index contributed by atoms with van der Waals surface area (Å²) in [6.45, 7) is 1.32. The fourth-order valence-electron chi connectivity index (χ4n) is 3.28. The second-order valence-corrected chi connectivity index (χ2v) is 7.69. The summed E-state index contributed by atoms with van der Waals surface area (Å²) in [6.07, 6.45) is 1.33. The third kappa shape index (κ3) is 3.86. The van der Waals surface area contributed by atoms with Crippen molar-refractivity contribution in [3.05, 3.63) is 87.8 Å². The molecular formula is C22H17F2N3O2S. The average molecular weight is 425 g/mol. The largest absolute Gasteiger partial charge is 0.348 e. The van der Waals surface area contributed by atoms with E-state index in [0.717, 1.165) is 23.3 Å². The zero-order valence-electron chi connectivity index (χ0n) is 15.9. The van der Waals surface area contributed by atoms with Gasteiger partial charge in [0, 0.05) is 22.6 Å².